The summed E-state index contributed by atoms with van der Waals surface area (Å²) in [6.45, 7) is 10.0. The molecule has 1 aromatic carbocycles. The molecule has 0 heterocycles. The van der Waals surface area contributed by atoms with Crippen molar-refractivity contribution in [1.29, 1.82) is 0 Å². The molecule has 0 radical (unpaired) electrons. The molecule has 0 saturated heterocycles. The first kappa shape index (κ1) is 14.4. The molecular weight excluding hydrogens is 276 g/mol. The van der Waals surface area contributed by atoms with Gasteiger partial charge in [0.15, 0.2) is 0 Å². The molecule has 0 saturated carbocycles. The third-order valence-corrected chi connectivity index (χ3v) is 3.23. The van der Waals surface area contributed by atoms with E-state index in [1.807, 2.05) is 18.2 Å². The topological polar surface area (TPSA) is 38.0 Å². The zero-order chi connectivity index (χ0) is 13.1. The van der Waals surface area contributed by atoms with E-state index in [-0.39, 0.29) is 5.41 Å². The van der Waals surface area contributed by atoms with Gasteiger partial charge in [-0.15, -0.1) is 0 Å². The van der Waals surface area contributed by atoms with E-state index in [2.05, 4.69) is 48.9 Å². The molecular formula is C14H23BrN2. The Kier molecular flexibility index (Phi) is 4.87. The van der Waals surface area contributed by atoms with Crippen molar-refractivity contribution < 1.29 is 0 Å². The molecule has 0 bridgehead atoms. The molecule has 3 N–H and O–H groups in total. The third-order valence-electron chi connectivity index (χ3n) is 2.73. The lowest BCUT2D eigenvalue weighted by molar-refractivity contribution is 0.306. The highest BCUT2D eigenvalue weighted by molar-refractivity contribution is 9.10. The lowest BCUT2D eigenvalue weighted by atomic mass is 9.84. The largest absolute Gasteiger partial charge is 0.397 e. The molecule has 0 fully saturated rings. The number of benzene rings is 1. The highest BCUT2D eigenvalue weighted by Crippen LogP contribution is 2.28. The number of rotatable bonds is 5. The second-order valence-electron chi connectivity index (χ2n) is 5.85. The van der Waals surface area contributed by atoms with Gasteiger partial charge in [-0.25, -0.2) is 0 Å². The van der Waals surface area contributed by atoms with Gasteiger partial charge in [0.25, 0.3) is 0 Å². The fourth-order valence-electron chi connectivity index (χ4n) is 2.21. The Morgan fingerprint density at radius 3 is 2.53 bits per heavy atom. The Morgan fingerprint density at radius 1 is 1.35 bits per heavy atom. The molecule has 0 atom stereocenters. The van der Waals surface area contributed by atoms with Crippen LogP contribution in [0.4, 0.5) is 11.4 Å². The fourth-order valence-corrected chi connectivity index (χ4v) is 2.59. The molecule has 1 rings (SSSR count). The van der Waals surface area contributed by atoms with E-state index in [9.17, 15) is 0 Å². The van der Waals surface area contributed by atoms with Crippen LogP contribution in [0.25, 0.3) is 0 Å². The van der Waals surface area contributed by atoms with Gasteiger partial charge in [0, 0.05) is 11.0 Å². The minimum absolute atomic E-state index is 0.285. The zero-order valence-electron chi connectivity index (χ0n) is 11.2. The van der Waals surface area contributed by atoms with Crippen LogP contribution in [-0.2, 0) is 0 Å². The molecule has 3 heteroatoms. The predicted molar refractivity (Wildman–Crippen MR) is 80.3 cm³/mol. The van der Waals surface area contributed by atoms with Crippen molar-refractivity contribution in [2.24, 2.45) is 11.3 Å². The minimum Gasteiger partial charge on any atom is -0.397 e. The number of nitrogen functional groups attached to an aromatic ring is 1. The van der Waals surface area contributed by atoms with Crippen molar-refractivity contribution in [2.45, 2.75) is 34.1 Å². The molecule has 1 aromatic rings. The van der Waals surface area contributed by atoms with E-state index in [1.165, 1.54) is 6.42 Å². The van der Waals surface area contributed by atoms with Crippen molar-refractivity contribution in [1.82, 2.24) is 0 Å². The van der Waals surface area contributed by atoms with E-state index in [1.54, 1.807) is 0 Å². The Morgan fingerprint density at radius 2 is 2.00 bits per heavy atom. The van der Waals surface area contributed by atoms with Crippen molar-refractivity contribution in [3.63, 3.8) is 0 Å². The van der Waals surface area contributed by atoms with Gasteiger partial charge in [-0.2, -0.15) is 0 Å². The molecule has 0 aliphatic heterocycles. The summed E-state index contributed by atoms with van der Waals surface area (Å²) in [7, 11) is 0. The summed E-state index contributed by atoms with van der Waals surface area (Å²) in [5.41, 5.74) is 8.05. The molecule has 96 valence electrons. The van der Waals surface area contributed by atoms with Crippen molar-refractivity contribution >= 4 is 27.3 Å². The van der Waals surface area contributed by atoms with Gasteiger partial charge in [-0.05, 0) is 36.0 Å². The van der Waals surface area contributed by atoms with Crippen molar-refractivity contribution in [2.75, 3.05) is 17.6 Å². The van der Waals surface area contributed by atoms with Crippen LogP contribution in [0.2, 0.25) is 0 Å². The molecule has 17 heavy (non-hydrogen) atoms. The summed E-state index contributed by atoms with van der Waals surface area (Å²) in [4.78, 5) is 0. The number of halogens is 1. The standard InChI is InChI=1S/C14H23BrN2/c1-10(2)8-14(3,4)9-17-13-6-5-11(15)7-12(13)16/h5-7,10,17H,8-9,16H2,1-4H3. The molecule has 0 spiro atoms. The summed E-state index contributed by atoms with van der Waals surface area (Å²) in [6.07, 6.45) is 1.20. The first-order chi connectivity index (χ1) is 7.80. The fraction of sp³-hybridized carbons (Fsp3) is 0.571. The predicted octanol–water partition coefficient (Wildman–Crippen LogP) is 4.52. The summed E-state index contributed by atoms with van der Waals surface area (Å²) in [6, 6.07) is 5.96. The maximum atomic E-state index is 5.96. The molecule has 0 unspecified atom stereocenters. The monoisotopic (exact) mass is 298 g/mol. The minimum atomic E-state index is 0.285. The summed E-state index contributed by atoms with van der Waals surface area (Å²) < 4.78 is 1.02. The van der Waals surface area contributed by atoms with E-state index < -0.39 is 0 Å². The van der Waals surface area contributed by atoms with Gasteiger partial charge < -0.3 is 11.1 Å². The summed E-state index contributed by atoms with van der Waals surface area (Å²) >= 11 is 3.41. The van der Waals surface area contributed by atoms with E-state index in [0.717, 1.165) is 22.4 Å². The second-order valence-corrected chi connectivity index (χ2v) is 6.76. The van der Waals surface area contributed by atoms with Crippen LogP contribution in [0.3, 0.4) is 0 Å². The third kappa shape index (κ3) is 4.99. The normalized spacial score (nSPS) is 11.9. The number of nitrogens with one attached hydrogen (secondary N) is 1. The van der Waals surface area contributed by atoms with Gasteiger partial charge in [-0.3, -0.25) is 0 Å². The van der Waals surface area contributed by atoms with Gasteiger partial charge >= 0.3 is 0 Å². The Balaban J connectivity index is 2.61. The van der Waals surface area contributed by atoms with Crippen LogP contribution < -0.4 is 11.1 Å². The van der Waals surface area contributed by atoms with Crippen LogP contribution in [0.5, 0.6) is 0 Å². The van der Waals surface area contributed by atoms with Gasteiger partial charge in [-0.1, -0.05) is 43.6 Å². The number of anilines is 2. The Labute approximate surface area is 113 Å². The van der Waals surface area contributed by atoms with Crippen LogP contribution in [-0.4, -0.2) is 6.54 Å². The smallest absolute Gasteiger partial charge is 0.0574 e. The maximum absolute atomic E-state index is 5.96. The Hall–Kier alpha value is -0.700. The van der Waals surface area contributed by atoms with Crippen LogP contribution in [0, 0.1) is 11.3 Å². The van der Waals surface area contributed by atoms with E-state index >= 15 is 0 Å². The van der Waals surface area contributed by atoms with Gasteiger partial charge in [0.05, 0.1) is 11.4 Å². The first-order valence-electron chi connectivity index (χ1n) is 6.09. The van der Waals surface area contributed by atoms with Crippen molar-refractivity contribution in [3.8, 4) is 0 Å². The molecule has 0 aliphatic rings. The zero-order valence-corrected chi connectivity index (χ0v) is 12.8. The first-order valence-corrected chi connectivity index (χ1v) is 6.88. The number of nitrogens with two attached hydrogens (primary N) is 1. The second kappa shape index (κ2) is 5.76. The highest BCUT2D eigenvalue weighted by atomic mass is 79.9. The van der Waals surface area contributed by atoms with Crippen LogP contribution in [0.15, 0.2) is 22.7 Å². The van der Waals surface area contributed by atoms with Crippen molar-refractivity contribution in [3.05, 3.63) is 22.7 Å². The SMILES string of the molecule is CC(C)CC(C)(C)CNc1ccc(Br)cc1N. The van der Waals surface area contributed by atoms with Crippen LogP contribution in [0.1, 0.15) is 34.1 Å². The molecule has 0 amide bonds. The molecule has 0 aliphatic carbocycles. The van der Waals surface area contributed by atoms with Crippen LogP contribution >= 0.6 is 15.9 Å². The summed E-state index contributed by atoms with van der Waals surface area (Å²) in [5.74, 6) is 0.717. The van der Waals surface area contributed by atoms with Gasteiger partial charge in [0.2, 0.25) is 0 Å². The quantitative estimate of drug-likeness (QED) is 0.785. The lowest BCUT2D eigenvalue weighted by Gasteiger charge is -2.27. The van der Waals surface area contributed by atoms with Gasteiger partial charge in [0.1, 0.15) is 0 Å². The highest BCUT2D eigenvalue weighted by Gasteiger charge is 2.19. The number of hydrogen-bond donors (Lipinski definition) is 2. The summed E-state index contributed by atoms with van der Waals surface area (Å²) in [5, 5.41) is 3.44. The molecule has 2 nitrogen and oxygen atoms in total. The average Bonchev–Trinajstić information content (AvgIpc) is 2.14. The lowest BCUT2D eigenvalue weighted by Crippen LogP contribution is -2.25. The maximum Gasteiger partial charge on any atom is 0.0574 e. The van der Waals surface area contributed by atoms with E-state index in [0.29, 0.717) is 5.92 Å². The van der Waals surface area contributed by atoms with E-state index in [4.69, 9.17) is 5.73 Å². The average molecular weight is 299 g/mol. The Bertz CT molecular complexity index is 372. The molecule has 0 aromatic heterocycles. The number of hydrogen-bond acceptors (Lipinski definition) is 2.